The quantitative estimate of drug-likeness (QED) is 0.788. The van der Waals surface area contributed by atoms with Crippen LogP contribution in [0.2, 0.25) is 0 Å². The van der Waals surface area contributed by atoms with E-state index in [4.69, 9.17) is 5.73 Å². The third-order valence-corrected chi connectivity index (χ3v) is 2.82. The average Bonchev–Trinajstić information content (AvgIpc) is 2.87. The second-order valence-corrected chi connectivity index (χ2v) is 4.92. The number of aromatic nitrogens is 2. The molecule has 3 N–H and O–H groups in total. The Bertz CT molecular complexity index is 401. The lowest BCUT2D eigenvalue weighted by atomic mass is 9.93. The molecule has 0 aliphatic carbocycles. The van der Waals surface area contributed by atoms with Crippen LogP contribution in [-0.4, -0.2) is 9.97 Å². The van der Waals surface area contributed by atoms with Gasteiger partial charge in [-0.3, -0.25) is 0 Å². The average molecular weight is 245 g/mol. The Morgan fingerprint density at radius 3 is 1.89 bits per heavy atom. The summed E-state index contributed by atoms with van der Waals surface area (Å²) in [5.41, 5.74) is 9.60. The molecule has 0 radical (unpaired) electrons. The van der Waals surface area contributed by atoms with Gasteiger partial charge in [-0.25, -0.2) is 4.98 Å². The molecule has 1 aromatic carbocycles. The summed E-state index contributed by atoms with van der Waals surface area (Å²) in [7, 11) is 0. The predicted molar refractivity (Wildman–Crippen MR) is 77.6 cm³/mol. The van der Waals surface area contributed by atoms with Crippen molar-refractivity contribution in [1.29, 1.82) is 0 Å². The van der Waals surface area contributed by atoms with Gasteiger partial charge in [0, 0.05) is 18.1 Å². The lowest BCUT2D eigenvalue weighted by Crippen LogP contribution is -2.02. The Kier molecular flexibility index (Phi) is 5.43. The van der Waals surface area contributed by atoms with E-state index in [1.54, 1.807) is 18.7 Å². The zero-order valence-corrected chi connectivity index (χ0v) is 11.6. The molecule has 0 spiro atoms. The van der Waals surface area contributed by atoms with Gasteiger partial charge in [-0.05, 0) is 23.0 Å². The fourth-order valence-electron chi connectivity index (χ4n) is 1.82. The molecule has 0 amide bonds. The van der Waals surface area contributed by atoms with Crippen molar-refractivity contribution >= 4 is 5.69 Å². The number of hydrogen-bond donors (Lipinski definition) is 2. The number of H-pyrrole nitrogens is 1. The van der Waals surface area contributed by atoms with E-state index >= 15 is 0 Å². The van der Waals surface area contributed by atoms with Gasteiger partial charge in [0.2, 0.25) is 0 Å². The zero-order valence-electron chi connectivity index (χ0n) is 11.6. The number of nitrogen functional groups attached to an aromatic ring is 1. The van der Waals surface area contributed by atoms with Crippen molar-refractivity contribution in [3.05, 3.63) is 48.0 Å². The monoisotopic (exact) mass is 245 g/mol. The Labute approximate surface area is 109 Å². The molecule has 18 heavy (non-hydrogen) atoms. The summed E-state index contributed by atoms with van der Waals surface area (Å²) >= 11 is 0. The lowest BCUT2D eigenvalue weighted by molar-refractivity contribution is 0.840. The van der Waals surface area contributed by atoms with Crippen LogP contribution in [0.15, 0.2) is 36.9 Å². The molecule has 3 heteroatoms. The SMILES string of the molecule is CC(C)c1cccc(C(C)C)c1N.c1c[nH]cn1. The number of benzene rings is 1. The number of imidazole rings is 1. The third kappa shape index (κ3) is 3.91. The summed E-state index contributed by atoms with van der Waals surface area (Å²) in [5, 5.41) is 0. The van der Waals surface area contributed by atoms with Crippen LogP contribution >= 0.6 is 0 Å². The van der Waals surface area contributed by atoms with E-state index in [0.29, 0.717) is 11.8 Å². The number of rotatable bonds is 2. The summed E-state index contributed by atoms with van der Waals surface area (Å²) in [5.74, 6) is 1.03. The van der Waals surface area contributed by atoms with Crippen LogP contribution in [0.4, 0.5) is 5.69 Å². The number of aromatic amines is 1. The first-order valence-electron chi connectivity index (χ1n) is 6.35. The smallest absolute Gasteiger partial charge is 0.0919 e. The number of para-hydroxylation sites is 1. The first-order chi connectivity index (χ1) is 8.54. The highest BCUT2D eigenvalue weighted by molar-refractivity contribution is 5.56. The number of nitrogens with zero attached hydrogens (tertiary/aromatic N) is 1. The molecule has 0 saturated carbocycles. The molecule has 2 aromatic rings. The van der Waals surface area contributed by atoms with E-state index in [1.165, 1.54) is 11.1 Å². The highest BCUT2D eigenvalue weighted by Gasteiger charge is 2.09. The molecule has 3 nitrogen and oxygen atoms in total. The van der Waals surface area contributed by atoms with E-state index in [1.807, 2.05) is 0 Å². The van der Waals surface area contributed by atoms with Gasteiger partial charge in [-0.2, -0.15) is 0 Å². The number of nitrogens with one attached hydrogen (secondary N) is 1. The molecule has 0 aliphatic heterocycles. The van der Waals surface area contributed by atoms with Gasteiger partial charge in [0.25, 0.3) is 0 Å². The third-order valence-electron chi connectivity index (χ3n) is 2.82. The molecule has 0 fully saturated rings. The molecule has 1 heterocycles. The Balaban J connectivity index is 0.000000269. The van der Waals surface area contributed by atoms with Crippen LogP contribution in [0.5, 0.6) is 0 Å². The maximum atomic E-state index is 6.09. The summed E-state index contributed by atoms with van der Waals surface area (Å²) in [4.78, 5) is 6.42. The zero-order chi connectivity index (χ0) is 13.5. The van der Waals surface area contributed by atoms with Gasteiger partial charge >= 0.3 is 0 Å². The van der Waals surface area contributed by atoms with E-state index in [0.717, 1.165) is 5.69 Å². The minimum absolute atomic E-state index is 0.513. The van der Waals surface area contributed by atoms with Crippen molar-refractivity contribution in [3.8, 4) is 0 Å². The van der Waals surface area contributed by atoms with Crippen molar-refractivity contribution < 1.29 is 0 Å². The molecule has 0 atom stereocenters. The topological polar surface area (TPSA) is 54.7 Å². The molecule has 0 bridgehead atoms. The van der Waals surface area contributed by atoms with Crippen molar-refractivity contribution in [2.75, 3.05) is 5.73 Å². The van der Waals surface area contributed by atoms with E-state index in [9.17, 15) is 0 Å². The molecule has 0 saturated heterocycles. The first kappa shape index (κ1) is 14.3. The largest absolute Gasteiger partial charge is 0.398 e. The van der Waals surface area contributed by atoms with Crippen molar-refractivity contribution in [2.24, 2.45) is 0 Å². The van der Waals surface area contributed by atoms with Crippen LogP contribution in [0, 0.1) is 0 Å². The van der Waals surface area contributed by atoms with E-state index in [2.05, 4.69) is 55.9 Å². The number of hydrogen-bond acceptors (Lipinski definition) is 2. The highest BCUT2D eigenvalue weighted by atomic mass is 14.8. The Morgan fingerprint density at radius 2 is 1.61 bits per heavy atom. The summed E-state index contributed by atoms with van der Waals surface area (Å²) < 4.78 is 0. The van der Waals surface area contributed by atoms with Crippen LogP contribution in [0.25, 0.3) is 0 Å². The van der Waals surface area contributed by atoms with Crippen molar-refractivity contribution in [1.82, 2.24) is 9.97 Å². The van der Waals surface area contributed by atoms with Gasteiger partial charge in [0.1, 0.15) is 0 Å². The molecule has 2 rings (SSSR count). The minimum atomic E-state index is 0.513. The van der Waals surface area contributed by atoms with Gasteiger partial charge in [0.05, 0.1) is 6.33 Å². The van der Waals surface area contributed by atoms with Crippen LogP contribution < -0.4 is 5.73 Å². The van der Waals surface area contributed by atoms with E-state index in [-0.39, 0.29) is 0 Å². The summed E-state index contributed by atoms with van der Waals surface area (Å²) in [6.07, 6.45) is 5.08. The maximum Gasteiger partial charge on any atom is 0.0919 e. The molecular formula is C15H23N3. The van der Waals surface area contributed by atoms with Gasteiger partial charge in [-0.1, -0.05) is 45.9 Å². The standard InChI is InChI=1S/C12H19N.C3H4N2/c1-8(2)10-6-5-7-11(9(3)4)12(10)13;1-2-5-3-4-1/h5-9H,13H2,1-4H3;1-3H,(H,4,5). The fourth-order valence-corrected chi connectivity index (χ4v) is 1.82. The Hall–Kier alpha value is -1.77. The van der Waals surface area contributed by atoms with Gasteiger partial charge in [0.15, 0.2) is 0 Å². The second-order valence-electron chi connectivity index (χ2n) is 4.92. The summed E-state index contributed by atoms with van der Waals surface area (Å²) in [6.45, 7) is 8.71. The molecule has 98 valence electrons. The van der Waals surface area contributed by atoms with E-state index < -0.39 is 0 Å². The van der Waals surface area contributed by atoms with Gasteiger partial charge in [-0.15, -0.1) is 0 Å². The van der Waals surface area contributed by atoms with Crippen LogP contribution in [0.3, 0.4) is 0 Å². The van der Waals surface area contributed by atoms with Crippen LogP contribution in [-0.2, 0) is 0 Å². The second kappa shape index (κ2) is 6.84. The van der Waals surface area contributed by atoms with Crippen molar-refractivity contribution in [2.45, 2.75) is 39.5 Å². The normalized spacial score (nSPS) is 10.3. The Morgan fingerprint density at radius 1 is 1.06 bits per heavy atom. The van der Waals surface area contributed by atoms with Gasteiger partial charge < -0.3 is 10.7 Å². The number of nitrogens with two attached hydrogens (primary N) is 1. The fraction of sp³-hybridized carbons (Fsp3) is 0.400. The van der Waals surface area contributed by atoms with Crippen LogP contribution in [0.1, 0.15) is 50.7 Å². The van der Waals surface area contributed by atoms with Crippen molar-refractivity contribution in [3.63, 3.8) is 0 Å². The molecule has 0 aliphatic rings. The minimum Gasteiger partial charge on any atom is -0.398 e. The highest BCUT2D eigenvalue weighted by Crippen LogP contribution is 2.29. The first-order valence-corrected chi connectivity index (χ1v) is 6.35. The maximum absolute atomic E-state index is 6.09. The summed E-state index contributed by atoms with van der Waals surface area (Å²) in [6, 6.07) is 6.33. The number of anilines is 1. The molecule has 1 aromatic heterocycles. The molecular weight excluding hydrogens is 222 g/mol. The predicted octanol–water partition coefficient (Wildman–Crippen LogP) is 3.93. The molecule has 0 unspecified atom stereocenters. The lowest BCUT2D eigenvalue weighted by Gasteiger charge is -2.15.